The molecule has 5 nitrogen and oxygen atoms in total. The molecule has 2 aromatic rings. The number of aliphatic hydroxyl groups excluding tert-OH is 1. The highest BCUT2D eigenvalue weighted by molar-refractivity contribution is 5.52. The molecule has 0 aliphatic carbocycles. The van der Waals surface area contributed by atoms with Crippen LogP contribution in [0, 0.1) is 5.82 Å². The maximum atomic E-state index is 12.9. The average molecular weight is 292 g/mol. The summed E-state index contributed by atoms with van der Waals surface area (Å²) in [6.07, 6.45) is 1.48. The standard InChI is InChI=1S/C15H17FN2O3/c16-12-3-1-11(2-4-12)15-17-13(10-21-15)7-18-5-6-20-14(8-18)9-19/h1-4,10,14,19H,5-9H2. The Kier molecular flexibility index (Phi) is 4.28. The fourth-order valence-electron chi connectivity index (χ4n) is 2.37. The molecule has 1 N–H and O–H groups in total. The normalized spacial score (nSPS) is 19.8. The van der Waals surface area contributed by atoms with Gasteiger partial charge >= 0.3 is 0 Å². The van der Waals surface area contributed by atoms with Crippen LogP contribution >= 0.6 is 0 Å². The molecule has 3 rings (SSSR count). The first-order valence-corrected chi connectivity index (χ1v) is 6.90. The number of oxazole rings is 1. The van der Waals surface area contributed by atoms with Gasteiger partial charge in [0.2, 0.25) is 5.89 Å². The molecule has 0 amide bonds. The van der Waals surface area contributed by atoms with Gasteiger partial charge in [-0.25, -0.2) is 9.37 Å². The smallest absolute Gasteiger partial charge is 0.226 e. The molecule has 21 heavy (non-hydrogen) atoms. The minimum atomic E-state index is -0.283. The highest BCUT2D eigenvalue weighted by atomic mass is 19.1. The van der Waals surface area contributed by atoms with Gasteiger partial charge in [-0.2, -0.15) is 0 Å². The van der Waals surface area contributed by atoms with Crippen molar-refractivity contribution in [2.24, 2.45) is 0 Å². The van der Waals surface area contributed by atoms with E-state index in [1.165, 1.54) is 12.1 Å². The first-order valence-electron chi connectivity index (χ1n) is 6.90. The largest absolute Gasteiger partial charge is 0.444 e. The summed E-state index contributed by atoms with van der Waals surface area (Å²) in [4.78, 5) is 6.58. The van der Waals surface area contributed by atoms with Crippen LogP contribution in [0.2, 0.25) is 0 Å². The third kappa shape index (κ3) is 3.47. The molecule has 1 aromatic carbocycles. The minimum absolute atomic E-state index is 0.0240. The number of hydrogen-bond donors (Lipinski definition) is 1. The fourth-order valence-corrected chi connectivity index (χ4v) is 2.37. The van der Waals surface area contributed by atoms with Gasteiger partial charge < -0.3 is 14.3 Å². The van der Waals surface area contributed by atoms with Gasteiger partial charge in [-0.3, -0.25) is 4.90 Å². The molecule has 1 aliphatic rings. The second-order valence-corrected chi connectivity index (χ2v) is 5.06. The third-order valence-corrected chi connectivity index (χ3v) is 3.46. The van der Waals surface area contributed by atoms with Crippen LogP contribution in [-0.4, -0.2) is 47.4 Å². The Labute approximate surface area is 122 Å². The van der Waals surface area contributed by atoms with E-state index in [1.54, 1.807) is 18.4 Å². The van der Waals surface area contributed by atoms with Gasteiger partial charge in [0.1, 0.15) is 12.1 Å². The Morgan fingerprint density at radius 3 is 2.90 bits per heavy atom. The van der Waals surface area contributed by atoms with E-state index in [0.717, 1.165) is 17.8 Å². The van der Waals surface area contributed by atoms with Crippen molar-refractivity contribution >= 4 is 0 Å². The molecule has 1 aromatic heterocycles. The highest BCUT2D eigenvalue weighted by Crippen LogP contribution is 2.20. The summed E-state index contributed by atoms with van der Waals surface area (Å²) >= 11 is 0. The predicted molar refractivity (Wildman–Crippen MR) is 74.0 cm³/mol. The van der Waals surface area contributed by atoms with E-state index in [1.807, 2.05) is 0 Å². The van der Waals surface area contributed by atoms with Gasteiger partial charge in [-0.1, -0.05) is 0 Å². The molecule has 6 heteroatoms. The number of benzene rings is 1. The van der Waals surface area contributed by atoms with Crippen LogP contribution in [0.1, 0.15) is 5.69 Å². The molecule has 1 fully saturated rings. The lowest BCUT2D eigenvalue weighted by atomic mass is 10.2. The van der Waals surface area contributed by atoms with E-state index in [2.05, 4.69) is 9.88 Å². The lowest BCUT2D eigenvalue weighted by Crippen LogP contribution is -2.43. The number of rotatable bonds is 4. The summed E-state index contributed by atoms with van der Waals surface area (Å²) in [5.74, 6) is 0.200. The van der Waals surface area contributed by atoms with Crippen molar-refractivity contribution in [2.45, 2.75) is 12.6 Å². The summed E-state index contributed by atoms with van der Waals surface area (Å²) in [5, 5.41) is 9.13. The summed E-state index contributed by atoms with van der Waals surface area (Å²) in [6.45, 7) is 2.75. The van der Waals surface area contributed by atoms with Crippen molar-refractivity contribution in [3.63, 3.8) is 0 Å². The minimum Gasteiger partial charge on any atom is -0.444 e. The second kappa shape index (κ2) is 6.34. The van der Waals surface area contributed by atoms with Crippen molar-refractivity contribution in [1.29, 1.82) is 0 Å². The molecule has 0 bridgehead atoms. The van der Waals surface area contributed by atoms with Crippen molar-refractivity contribution in [3.8, 4) is 11.5 Å². The molecular formula is C15H17FN2O3. The second-order valence-electron chi connectivity index (χ2n) is 5.06. The summed E-state index contributed by atoms with van der Waals surface area (Å²) in [6, 6.07) is 6.04. The van der Waals surface area contributed by atoms with Gasteiger partial charge in [0, 0.05) is 25.2 Å². The number of ether oxygens (including phenoxy) is 1. The van der Waals surface area contributed by atoms with E-state index in [0.29, 0.717) is 25.6 Å². The molecule has 0 radical (unpaired) electrons. The average Bonchev–Trinajstić information content (AvgIpc) is 2.96. The Bertz CT molecular complexity index is 585. The van der Waals surface area contributed by atoms with Crippen molar-refractivity contribution in [2.75, 3.05) is 26.3 Å². The quantitative estimate of drug-likeness (QED) is 0.929. The van der Waals surface area contributed by atoms with Crippen LogP contribution in [0.4, 0.5) is 4.39 Å². The number of aromatic nitrogens is 1. The predicted octanol–water partition coefficient (Wildman–Crippen LogP) is 1.67. The summed E-state index contributed by atoms with van der Waals surface area (Å²) in [7, 11) is 0. The number of nitrogens with zero attached hydrogens (tertiary/aromatic N) is 2. The van der Waals surface area contributed by atoms with Gasteiger partial charge in [0.25, 0.3) is 0 Å². The topological polar surface area (TPSA) is 58.7 Å². The summed E-state index contributed by atoms with van der Waals surface area (Å²) in [5.41, 5.74) is 1.56. The van der Waals surface area contributed by atoms with Gasteiger partial charge in [0.05, 0.1) is 25.0 Å². The maximum absolute atomic E-state index is 12.9. The molecule has 1 aliphatic heterocycles. The maximum Gasteiger partial charge on any atom is 0.226 e. The number of aliphatic hydroxyl groups is 1. The van der Waals surface area contributed by atoms with E-state index in [9.17, 15) is 4.39 Å². The third-order valence-electron chi connectivity index (χ3n) is 3.46. The Morgan fingerprint density at radius 1 is 1.33 bits per heavy atom. The zero-order chi connectivity index (χ0) is 14.7. The van der Waals surface area contributed by atoms with Crippen molar-refractivity contribution < 1.29 is 18.7 Å². The Balaban J connectivity index is 1.66. The first-order chi connectivity index (χ1) is 10.2. The van der Waals surface area contributed by atoms with Crippen molar-refractivity contribution in [1.82, 2.24) is 9.88 Å². The molecule has 0 saturated carbocycles. The Hall–Kier alpha value is -1.76. The van der Waals surface area contributed by atoms with Crippen LogP contribution in [-0.2, 0) is 11.3 Å². The molecule has 1 saturated heterocycles. The zero-order valence-corrected chi connectivity index (χ0v) is 11.5. The van der Waals surface area contributed by atoms with Gasteiger partial charge in [0.15, 0.2) is 0 Å². The zero-order valence-electron chi connectivity index (χ0n) is 11.5. The molecule has 112 valence electrons. The van der Waals surface area contributed by atoms with Gasteiger partial charge in [-0.15, -0.1) is 0 Å². The van der Waals surface area contributed by atoms with Crippen LogP contribution in [0.15, 0.2) is 34.9 Å². The monoisotopic (exact) mass is 292 g/mol. The van der Waals surface area contributed by atoms with E-state index in [4.69, 9.17) is 14.3 Å². The van der Waals surface area contributed by atoms with Crippen LogP contribution in [0.3, 0.4) is 0 Å². The van der Waals surface area contributed by atoms with Crippen molar-refractivity contribution in [3.05, 3.63) is 42.0 Å². The Morgan fingerprint density at radius 2 is 2.14 bits per heavy atom. The molecule has 2 heterocycles. The lowest BCUT2D eigenvalue weighted by molar-refractivity contribution is -0.0553. The van der Waals surface area contributed by atoms with E-state index < -0.39 is 0 Å². The van der Waals surface area contributed by atoms with Crippen LogP contribution < -0.4 is 0 Å². The number of halogens is 1. The van der Waals surface area contributed by atoms with Crippen LogP contribution in [0.25, 0.3) is 11.5 Å². The van der Waals surface area contributed by atoms with Crippen LogP contribution in [0.5, 0.6) is 0 Å². The SMILES string of the molecule is OCC1CN(Cc2coc(-c3ccc(F)cc3)n2)CCO1. The number of hydrogen-bond acceptors (Lipinski definition) is 5. The summed E-state index contributed by atoms with van der Waals surface area (Å²) < 4.78 is 23.8. The molecule has 0 spiro atoms. The fraction of sp³-hybridized carbons (Fsp3) is 0.400. The lowest BCUT2D eigenvalue weighted by Gasteiger charge is -2.31. The van der Waals surface area contributed by atoms with Gasteiger partial charge in [-0.05, 0) is 24.3 Å². The number of morpholine rings is 1. The molecule has 1 atom stereocenters. The molecule has 1 unspecified atom stereocenters. The first kappa shape index (κ1) is 14.2. The highest BCUT2D eigenvalue weighted by Gasteiger charge is 2.20. The molecular weight excluding hydrogens is 275 g/mol. The van der Waals surface area contributed by atoms with E-state index in [-0.39, 0.29) is 18.5 Å². The van der Waals surface area contributed by atoms with E-state index >= 15 is 0 Å².